The van der Waals surface area contributed by atoms with Gasteiger partial charge in [0, 0.05) is 18.0 Å². The van der Waals surface area contributed by atoms with Crippen molar-refractivity contribution in [3.8, 4) is 10.6 Å². The van der Waals surface area contributed by atoms with E-state index in [0.29, 0.717) is 9.88 Å². The Morgan fingerprint density at radius 3 is 2.76 bits per heavy atom. The molecule has 0 radical (unpaired) electrons. The summed E-state index contributed by atoms with van der Waals surface area (Å²) in [7, 11) is 0. The molecule has 0 bridgehead atoms. The molecule has 0 aliphatic carbocycles. The summed E-state index contributed by atoms with van der Waals surface area (Å²) in [5, 5.41) is 0.698. The van der Waals surface area contributed by atoms with Gasteiger partial charge in [0.15, 0.2) is 5.69 Å². The molecule has 1 aliphatic rings. The minimum Gasteiger partial charge on any atom is -0.388 e. The fourth-order valence-electron chi connectivity index (χ4n) is 1.57. The molecule has 0 aromatic carbocycles. The fraction of sp³-hybridized carbons (Fsp3) is 0.0909. The number of cyclic esters (lactones) is 2. The lowest BCUT2D eigenvalue weighted by atomic mass is 10.2. The zero-order chi connectivity index (χ0) is 11.8. The predicted octanol–water partition coefficient (Wildman–Crippen LogP) is 1.44. The van der Waals surface area contributed by atoms with Crippen LogP contribution in [0.4, 0.5) is 0 Å². The number of aromatic nitrogens is 2. The maximum absolute atomic E-state index is 11.4. The number of ether oxygens (including phenoxy) is 1. The molecule has 2 aromatic heterocycles. The third-order valence-electron chi connectivity index (χ3n) is 2.33. The van der Waals surface area contributed by atoms with Gasteiger partial charge >= 0.3 is 11.9 Å². The maximum Gasteiger partial charge on any atom is 0.365 e. The molecule has 0 spiro atoms. The number of pyridine rings is 1. The van der Waals surface area contributed by atoms with Crippen molar-refractivity contribution in [2.24, 2.45) is 0 Å². The van der Waals surface area contributed by atoms with Crippen LogP contribution in [0.2, 0.25) is 0 Å². The highest BCUT2D eigenvalue weighted by molar-refractivity contribution is 7.15. The van der Waals surface area contributed by atoms with Crippen molar-refractivity contribution in [2.75, 3.05) is 0 Å². The Morgan fingerprint density at radius 1 is 1.24 bits per heavy atom. The molecule has 3 heterocycles. The topological polar surface area (TPSA) is 69.2 Å². The summed E-state index contributed by atoms with van der Waals surface area (Å²) in [5.41, 5.74) is 1.13. The van der Waals surface area contributed by atoms with Gasteiger partial charge in [0.2, 0.25) is 0 Å². The first-order chi connectivity index (χ1) is 8.24. The van der Waals surface area contributed by atoms with Crippen LogP contribution in [0, 0.1) is 0 Å². The van der Waals surface area contributed by atoms with Gasteiger partial charge in [0.25, 0.3) is 0 Å². The number of hydrogen-bond donors (Lipinski definition) is 0. The summed E-state index contributed by atoms with van der Waals surface area (Å²) in [6.07, 6.45) is 3.42. The summed E-state index contributed by atoms with van der Waals surface area (Å²) >= 11 is 1.34. The molecule has 6 heteroatoms. The first-order valence-corrected chi connectivity index (χ1v) is 5.71. The Hall–Kier alpha value is -2.08. The average molecular weight is 246 g/mol. The van der Waals surface area contributed by atoms with Crippen molar-refractivity contribution < 1.29 is 14.3 Å². The van der Waals surface area contributed by atoms with Gasteiger partial charge < -0.3 is 4.74 Å². The quantitative estimate of drug-likeness (QED) is 0.562. The van der Waals surface area contributed by atoms with E-state index in [1.807, 2.05) is 0 Å². The summed E-state index contributed by atoms with van der Waals surface area (Å²) in [4.78, 5) is 31.3. The van der Waals surface area contributed by atoms with Crippen LogP contribution in [0.1, 0.15) is 15.4 Å². The highest BCUT2D eigenvalue weighted by atomic mass is 32.1. The van der Waals surface area contributed by atoms with E-state index in [9.17, 15) is 9.59 Å². The highest BCUT2D eigenvalue weighted by Gasteiger charge is 2.29. The SMILES string of the molecule is O=C1Cc2sc(-c3ccncc3)nc2C(=O)O1. The van der Waals surface area contributed by atoms with E-state index in [4.69, 9.17) is 0 Å². The molecule has 17 heavy (non-hydrogen) atoms. The van der Waals surface area contributed by atoms with Crippen LogP contribution < -0.4 is 0 Å². The van der Waals surface area contributed by atoms with E-state index in [0.717, 1.165) is 5.56 Å². The van der Waals surface area contributed by atoms with E-state index in [1.165, 1.54) is 11.3 Å². The van der Waals surface area contributed by atoms with Crippen molar-refractivity contribution in [3.05, 3.63) is 35.1 Å². The third-order valence-corrected chi connectivity index (χ3v) is 3.43. The first-order valence-electron chi connectivity index (χ1n) is 4.89. The van der Waals surface area contributed by atoms with Crippen LogP contribution in [-0.4, -0.2) is 21.9 Å². The van der Waals surface area contributed by atoms with Crippen molar-refractivity contribution in [1.82, 2.24) is 9.97 Å². The Labute approximate surface area is 100 Å². The Kier molecular flexibility index (Phi) is 2.22. The van der Waals surface area contributed by atoms with Gasteiger partial charge in [-0.15, -0.1) is 11.3 Å². The van der Waals surface area contributed by atoms with Crippen LogP contribution in [0.15, 0.2) is 24.5 Å². The Morgan fingerprint density at radius 2 is 2.00 bits per heavy atom. The van der Waals surface area contributed by atoms with Gasteiger partial charge in [-0.3, -0.25) is 9.78 Å². The fourth-order valence-corrected chi connectivity index (χ4v) is 2.61. The normalized spacial score (nSPS) is 14.4. The summed E-state index contributed by atoms with van der Waals surface area (Å²) < 4.78 is 4.52. The van der Waals surface area contributed by atoms with Gasteiger partial charge in [0.1, 0.15) is 5.01 Å². The number of nitrogens with zero attached hydrogens (tertiary/aromatic N) is 2. The molecule has 84 valence electrons. The number of thiazole rings is 1. The average Bonchev–Trinajstić information content (AvgIpc) is 2.74. The lowest BCUT2D eigenvalue weighted by molar-refractivity contribution is -0.137. The molecular formula is C11H6N2O3S. The molecule has 3 rings (SSSR count). The van der Waals surface area contributed by atoms with Gasteiger partial charge in [0.05, 0.1) is 11.3 Å². The lowest BCUT2D eigenvalue weighted by Gasteiger charge is -2.06. The predicted molar refractivity (Wildman–Crippen MR) is 59.5 cm³/mol. The number of carbonyl (C=O) groups is 2. The van der Waals surface area contributed by atoms with E-state index in [2.05, 4.69) is 14.7 Å². The van der Waals surface area contributed by atoms with Crippen LogP contribution >= 0.6 is 11.3 Å². The molecule has 5 nitrogen and oxygen atoms in total. The Bertz CT molecular complexity index is 606. The molecule has 0 fully saturated rings. The van der Waals surface area contributed by atoms with Gasteiger partial charge in [-0.05, 0) is 12.1 Å². The highest BCUT2D eigenvalue weighted by Crippen LogP contribution is 2.30. The van der Waals surface area contributed by atoms with Gasteiger partial charge in [-0.1, -0.05) is 0 Å². The summed E-state index contributed by atoms with van der Waals surface area (Å²) in [5.74, 6) is -1.18. The zero-order valence-corrected chi connectivity index (χ0v) is 9.36. The van der Waals surface area contributed by atoms with E-state index in [1.54, 1.807) is 24.5 Å². The standard InChI is InChI=1S/C11H6N2O3S/c14-8-5-7-9(11(15)16-8)13-10(17-7)6-1-3-12-4-2-6/h1-4H,5H2. The van der Waals surface area contributed by atoms with Crippen LogP contribution in [0.5, 0.6) is 0 Å². The number of esters is 2. The second kappa shape index (κ2) is 3.74. The van der Waals surface area contributed by atoms with Gasteiger partial charge in [-0.2, -0.15) is 0 Å². The van der Waals surface area contributed by atoms with Crippen molar-refractivity contribution in [1.29, 1.82) is 0 Å². The molecule has 0 unspecified atom stereocenters. The second-order valence-corrected chi connectivity index (χ2v) is 4.55. The van der Waals surface area contributed by atoms with E-state index < -0.39 is 11.9 Å². The molecule has 2 aromatic rings. The minimum atomic E-state index is -0.659. The minimum absolute atomic E-state index is 0.115. The summed E-state index contributed by atoms with van der Waals surface area (Å²) in [6, 6.07) is 3.61. The van der Waals surface area contributed by atoms with Crippen LogP contribution in [0.25, 0.3) is 10.6 Å². The lowest BCUT2D eigenvalue weighted by Crippen LogP contribution is -2.21. The zero-order valence-electron chi connectivity index (χ0n) is 8.54. The van der Waals surface area contributed by atoms with Crippen molar-refractivity contribution in [3.63, 3.8) is 0 Å². The molecule has 0 saturated heterocycles. The number of fused-ring (bicyclic) bond motifs is 1. The largest absolute Gasteiger partial charge is 0.388 e. The Balaban J connectivity index is 2.08. The molecule has 0 atom stereocenters. The molecule has 1 aliphatic heterocycles. The molecule has 0 saturated carbocycles. The number of hydrogen-bond acceptors (Lipinski definition) is 6. The first kappa shape index (κ1) is 10.1. The maximum atomic E-state index is 11.4. The third kappa shape index (κ3) is 1.72. The summed E-state index contributed by atoms with van der Waals surface area (Å²) in [6.45, 7) is 0. The molecule has 0 N–H and O–H groups in total. The number of rotatable bonds is 1. The van der Waals surface area contributed by atoms with Crippen LogP contribution in [0.3, 0.4) is 0 Å². The van der Waals surface area contributed by atoms with Crippen molar-refractivity contribution >= 4 is 23.3 Å². The second-order valence-electron chi connectivity index (χ2n) is 3.46. The van der Waals surface area contributed by atoms with E-state index >= 15 is 0 Å². The van der Waals surface area contributed by atoms with E-state index in [-0.39, 0.29) is 12.1 Å². The van der Waals surface area contributed by atoms with Crippen LogP contribution in [-0.2, 0) is 16.0 Å². The smallest absolute Gasteiger partial charge is 0.365 e. The molecule has 0 amide bonds. The number of carbonyl (C=O) groups excluding carboxylic acids is 2. The monoisotopic (exact) mass is 246 g/mol. The van der Waals surface area contributed by atoms with Crippen molar-refractivity contribution in [2.45, 2.75) is 6.42 Å². The van der Waals surface area contributed by atoms with Gasteiger partial charge in [-0.25, -0.2) is 9.78 Å². The molecular weight excluding hydrogens is 240 g/mol.